The maximum Gasteiger partial charge on any atom is 0.0727 e. The van der Waals surface area contributed by atoms with Crippen LogP contribution < -0.4 is 9.80 Å². The van der Waals surface area contributed by atoms with Crippen molar-refractivity contribution in [1.82, 2.24) is 0 Å². The Labute approximate surface area is 652 Å². The van der Waals surface area contributed by atoms with Crippen molar-refractivity contribution >= 4 is 46.3 Å². The summed E-state index contributed by atoms with van der Waals surface area (Å²) < 4.78 is 0. The van der Waals surface area contributed by atoms with E-state index in [2.05, 4.69) is 415 Å². The lowest BCUT2D eigenvalue weighted by molar-refractivity contribution is 0.625. The molecule has 111 heavy (non-hydrogen) atoms. The molecular formula is C109H82N2. The molecule has 0 bridgehead atoms. The Morgan fingerprint density at radius 3 is 0.874 bits per heavy atom. The van der Waals surface area contributed by atoms with E-state index in [1.807, 2.05) is 12.2 Å². The van der Waals surface area contributed by atoms with Crippen LogP contribution >= 0.6 is 0 Å². The lowest BCUT2D eigenvalue weighted by atomic mass is 9.67. The first-order valence-electron chi connectivity index (χ1n) is 39.0. The van der Waals surface area contributed by atoms with Crippen molar-refractivity contribution in [2.75, 3.05) is 9.80 Å². The first-order chi connectivity index (χ1) is 54.5. The highest BCUT2D eigenvalue weighted by atomic mass is 15.1. The van der Waals surface area contributed by atoms with Crippen LogP contribution in [0.3, 0.4) is 0 Å². The normalized spacial score (nSPS) is 16.2. The highest BCUT2D eigenvalue weighted by Gasteiger charge is 2.53. The second kappa shape index (κ2) is 26.5. The summed E-state index contributed by atoms with van der Waals surface area (Å²) in [6.07, 6.45) is 5.42. The molecule has 528 valence electrons. The van der Waals surface area contributed by atoms with E-state index in [-0.39, 0.29) is 0 Å². The number of hydrogen-bond acceptors (Lipinski definition) is 2. The summed E-state index contributed by atoms with van der Waals surface area (Å²) in [5, 5.41) is 0. The standard InChI is InChI=1S/C109H82N2/c1-7-75-37-41-77(42-38-75)69-107(97-61-35-71(3)63-73(97)5)99-31-19-15-27-89(99)93-57-53-85(65-103(93)107)110(83-49-45-81(46-50-83)79-23-11-9-12-24-79)87-55-59-95-91-29-17-21-33-101(91)109(105(95)67-87)102-34-22-18-30-92(102)96-60-56-88(68-106(96)109)111(84-51-47-82(48-52-84)80-25-13-10-14-26-80)86-54-58-94-90-28-16-20-32-100(90)108(104(94)66-86,98-62-36-72(4)64-74(98)6)70-78-43-39-76(8-2)40-44-78/h7-68H,1-2,69-70H2,3-6H3. The molecule has 2 heteroatoms. The second-order valence-electron chi connectivity index (χ2n) is 31.0. The third-order valence-corrected chi connectivity index (χ3v) is 24.9. The minimum Gasteiger partial charge on any atom is -0.310 e. The number of anilines is 6. The quantitative estimate of drug-likeness (QED) is 0.0951. The Hall–Kier alpha value is -13.4. The largest absolute Gasteiger partial charge is 0.310 e. The fourth-order valence-corrected chi connectivity index (χ4v) is 20.0. The van der Waals surface area contributed by atoms with Crippen molar-refractivity contribution < 1.29 is 0 Å². The van der Waals surface area contributed by atoms with Gasteiger partial charge in [0.1, 0.15) is 0 Å². The van der Waals surface area contributed by atoms with E-state index in [9.17, 15) is 0 Å². The molecule has 2 atom stereocenters. The number of aryl methyl sites for hydroxylation is 4. The van der Waals surface area contributed by atoms with Crippen LogP contribution in [0.4, 0.5) is 34.1 Å². The van der Waals surface area contributed by atoms with E-state index >= 15 is 0 Å². The molecule has 0 radical (unpaired) electrons. The molecule has 4 aliphatic rings. The highest BCUT2D eigenvalue weighted by molar-refractivity contribution is 5.99. The number of benzene rings is 16. The van der Waals surface area contributed by atoms with Gasteiger partial charge in [-0.3, -0.25) is 0 Å². The first kappa shape index (κ1) is 67.0. The van der Waals surface area contributed by atoms with Crippen LogP contribution in [0, 0.1) is 27.7 Å². The second-order valence-corrected chi connectivity index (χ2v) is 31.0. The molecule has 2 unspecified atom stereocenters. The summed E-state index contributed by atoms with van der Waals surface area (Å²) in [6.45, 7) is 17.3. The van der Waals surface area contributed by atoms with Crippen molar-refractivity contribution in [1.29, 1.82) is 0 Å². The summed E-state index contributed by atoms with van der Waals surface area (Å²) in [7, 11) is 0. The van der Waals surface area contributed by atoms with E-state index in [0.717, 1.165) is 58.1 Å². The predicted molar refractivity (Wildman–Crippen MR) is 466 cm³/mol. The lowest BCUT2D eigenvalue weighted by Gasteiger charge is -2.36. The van der Waals surface area contributed by atoms with Gasteiger partial charge < -0.3 is 9.80 Å². The fraction of sp³-hybridized carbons (Fsp3) is 0.0826. The van der Waals surface area contributed by atoms with E-state index in [0.29, 0.717) is 0 Å². The van der Waals surface area contributed by atoms with Crippen LogP contribution in [0.2, 0.25) is 0 Å². The zero-order valence-corrected chi connectivity index (χ0v) is 63.0. The highest BCUT2D eigenvalue weighted by Crippen LogP contribution is 2.65. The van der Waals surface area contributed by atoms with E-state index < -0.39 is 16.2 Å². The maximum absolute atomic E-state index is 4.14. The summed E-state index contributed by atoms with van der Waals surface area (Å²) >= 11 is 0. The van der Waals surface area contributed by atoms with Crippen LogP contribution in [-0.2, 0) is 29.1 Å². The molecule has 0 aliphatic heterocycles. The third kappa shape index (κ3) is 10.5. The molecule has 0 aromatic heterocycles. The fourth-order valence-electron chi connectivity index (χ4n) is 20.0. The van der Waals surface area contributed by atoms with E-state index in [4.69, 9.17) is 0 Å². The van der Waals surface area contributed by atoms with E-state index in [1.54, 1.807) is 0 Å². The van der Waals surface area contributed by atoms with Crippen LogP contribution in [-0.4, -0.2) is 0 Å². The number of hydrogen-bond donors (Lipinski definition) is 0. The van der Waals surface area contributed by atoms with Crippen LogP contribution in [0.1, 0.15) is 100 Å². The van der Waals surface area contributed by atoms with Crippen molar-refractivity contribution in [3.05, 3.63) is 477 Å². The van der Waals surface area contributed by atoms with Gasteiger partial charge in [0.15, 0.2) is 0 Å². The molecule has 0 saturated carbocycles. The molecule has 2 nitrogen and oxygen atoms in total. The minimum absolute atomic E-state index is 0.541. The van der Waals surface area contributed by atoms with Gasteiger partial charge in [0.25, 0.3) is 0 Å². The number of fused-ring (bicyclic) bond motifs is 16. The van der Waals surface area contributed by atoms with Gasteiger partial charge in [-0.2, -0.15) is 0 Å². The minimum atomic E-state index is -0.743. The molecule has 0 saturated heterocycles. The molecule has 16 aromatic carbocycles. The van der Waals surface area contributed by atoms with Crippen molar-refractivity contribution in [3.8, 4) is 66.8 Å². The SMILES string of the molecule is C=Cc1ccc(CC2(c3ccc(C)cc3C)c3ccccc3-c3ccc(N(c4ccc(-c5ccccc5)cc4)c4ccc5c(c4)C4(c6ccccc6-5)c5ccccc5-c5ccc(N(c6ccc(-c7ccccc7)cc6)c6ccc7c(c6)C(Cc6ccc(C=C)cc6)(c6ccc(C)cc6C)c6ccccc6-7)cc54)cc32)cc1. The zero-order chi connectivity index (χ0) is 74.7. The molecular weight excluding hydrogens is 1340 g/mol. The Morgan fingerprint density at radius 1 is 0.234 bits per heavy atom. The maximum atomic E-state index is 4.14. The van der Waals surface area contributed by atoms with Gasteiger partial charge in [-0.1, -0.05) is 328 Å². The Balaban J connectivity index is 0.806. The lowest BCUT2D eigenvalue weighted by Crippen LogP contribution is -2.31. The van der Waals surface area contributed by atoms with Gasteiger partial charge in [0.05, 0.1) is 16.2 Å². The number of nitrogens with zero attached hydrogens (tertiary/aromatic N) is 2. The average molecular weight is 1420 g/mol. The molecule has 1 spiro atoms. The number of rotatable bonds is 16. The van der Waals surface area contributed by atoms with Gasteiger partial charge in [0.2, 0.25) is 0 Å². The van der Waals surface area contributed by atoms with Gasteiger partial charge in [0, 0.05) is 34.1 Å². The first-order valence-corrected chi connectivity index (χ1v) is 39.0. The van der Waals surface area contributed by atoms with Crippen LogP contribution in [0.25, 0.3) is 78.9 Å². The molecule has 0 amide bonds. The Kier molecular flexibility index (Phi) is 16.0. The summed E-state index contributed by atoms with van der Waals surface area (Å²) in [6, 6.07) is 139. The molecule has 16 aromatic rings. The third-order valence-electron chi connectivity index (χ3n) is 24.9. The monoisotopic (exact) mass is 1420 g/mol. The average Bonchev–Trinajstić information content (AvgIpc) is 1.51. The van der Waals surface area contributed by atoms with Gasteiger partial charge >= 0.3 is 0 Å². The van der Waals surface area contributed by atoms with Crippen LogP contribution in [0.5, 0.6) is 0 Å². The van der Waals surface area contributed by atoms with Crippen molar-refractivity contribution in [3.63, 3.8) is 0 Å². The van der Waals surface area contributed by atoms with E-state index in [1.165, 1.54) is 156 Å². The van der Waals surface area contributed by atoms with Crippen LogP contribution in [0.15, 0.2) is 377 Å². The van der Waals surface area contributed by atoms with Crippen molar-refractivity contribution in [2.45, 2.75) is 56.8 Å². The Morgan fingerprint density at radius 2 is 0.523 bits per heavy atom. The van der Waals surface area contributed by atoms with Gasteiger partial charge in [-0.05, 0) is 269 Å². The zero-order valence-electron chi connectivity index (χ0n) is 63.0. The molecule has 4 aliphatic carbocycles. The van der Waals surface area contributed by atoms with Gasteiger partial charge in [-0.25, -0.2) is 0 Å². The molecule has 0 N–H and O–H groups in total. The molecule has 0 fully saturated rings. The topological polar surface area (TPSA) is 6.48 Å². The molecule has 0 heterocycles. The smallest absolute Gasteiger partial charge is 0.0727 e. The molecule has 20 rings (SSSR count). The predicted octanol–water partition coefficient (Wildman–Crippen LogP) is 27.9. The summed E-state index contributed by atoms with van der Waals surface area (Å²) in [5.74, 6) is 0. The van der Waals surface area contributed by atoms with Gasteiger partial charge in [-0.15, -0.1) is 0 Å². The Bertz CT molecular complexity index is 6010. The summed E-state index contributed by atoms with van der Waals surface area (Å²) in [5.41, 5.74) is 42.1. The summed E-state index contributed by atoms with van der Waals surface area (Å²) in [4.78, 5) is 5.08. The van der Waals surface area contributed by atoms with Crippen molar-refractivity contribution in [2.24, 2.45) is 0 Å².